The highest BCUT2D eigenvalue weighted by atomic mass is 79.9. The van der Waals surface area contributed by atoms with Gasteiger partial charge in [0.05, 0.1) is 31.4 Å². The Morgan fingerprint density at radius 1 is 1.10 bits per heavy atom. The number of ether oxygens (including phenoxy) is 4. The number of nitrogens with one attached hydrogen (secondary N) is 1. The second-order valence-electron chi connectivity index (χ2n) is 5.96. The average molecular weight is 487 g/mol. The Morgan fingerprint density at radius 2 is 1.76 bits per heavy atom. The number of rotatable bonds is 7. The number of anilines is 1. The molecule has 0 radical (unpaired) electrons. The second kappa shape index (κ2) is 9.84. The van der Waals surface area contributed by atoms with E-state index >= 15 is 0 Å². The van der Waals surface area contributed by atoms with Crippen LogP contribution >= 0.6 is 27.5 Å². The molecule has 29 heavy (non-hydrogen) atoms. The Hall–Kier alpha value is -2.45. The first-order valence-electron chi connectivity index (χ1n) is 8.50. The van der Waals surface area contributed by atoms with E-state index in [0.717, 1.165) is 0 Å². The zero-order chi connectivity index (χ0) is 21.7. The highest BCUT2D eigenvalue weighted by Gasteiger charge is 2.26. The number of amides is 1. The third-order valence-corrected chi connectivity index (χ3v) is 5.36. The van der Waals surface area contributed by atoms with E-state index in [-0.39, 0.29) is 17.1 Å². The van der Waals surface area contributed by atoms with Gasteiger partial charge in [0.1, 0.15) is 0 Å². The van der Waals surface area contributed by atoms with Crippen LogP contribution in [0.25, 0.3) is 0 Å². The van der Waals surface area contributed by atoms with Gasteiger partial charge in [0.2, 0.25) is 5.75 Å². The van der Waals surface area contributed by atoms with Crippen LogP contribution in [0.3, 0.4) is 0 Å². The van der Waals surface area contributed by atoms with Crippen LogP contribution in [0.2, 0.25) is 5.02 Å². The number of methoxy groups -OCH3 is 3. The lowest BCUT2D eigenvalue weighted by Gasteiger charge is -2.18. The first kappa shape index (κ1) is 22.8. The molecule has 0 aliphatic heterocycles. The summed E-state index contributed by atoms with van der Waals surface area (Å²) in [5.41, 5.74) is 1.38. The van der Waals surface area contributed by atoms with Crippen molar-refractivity contribution in [3.8, 4) is 17.2 Å². The second-order valence-corrected chi connectivity index (χ2v) is 7.16. The zero-order valence-electron chi connectivity index (χ0n) is 16.6. The fourth-order valence-electron chi connectivity index (χ4n) is 2.52. The van der Waals surface area contributed by atoms with E-state index in [2.05, 4.69) is 21.2 Å². The van der Waals surface area contributed by atoms with Crippen molar-refractivity contribution in [1.82, 2.24) is 0 Å². The molecule has 1 N–H and O–H groups in total. The average Bonchev–Trinajstić information content (AvgIpc) is 2.70. The zero-order valence-corrected chi connectivity index (χ0v) is 18.9. The Labute approximate surface area is 182 Å². The van der Waals surface area contributed by atoms with Crippen LogP contribution in [0.15, 0.2) is 28.7 Å². The Balaban J connectivity index is 2.23. The molecule has 9 heteroatoms. The maximum Gasteiger partial charge on any atom is 0.340 e. The molecule has 1 unspecified atom stereocenters. The first-order chi connectivity index (χ1) is 13.7. The molecule has 0 spiro atoms. The minimum absolute atomic E-state index is 0.123. The van der Waals surface area contributed by atoms with E-state index < -0.39 is 18.0 Å². The third kappa shape index (κ3) is 4.94. The predicted molar refractivity (Wildman–Crippen MR) is 113 cm³/mol. The largest absolute Gasteiger partial charge is 0.493 e. The molecule has 1 atom stereocenters. The van der Waals surface area contributed by atoms with Crippen LogP contribution in [0.4, 0.5) is 5.69 Å². The smallest absolute Gasteiger partial charge is 0.340 e. The molecule has 0 heterocycles. The summed E-state index contributed by atoms with van der Waals surface area (Å²) in [6.45, 7) is 3.25. The van der Waals surface area contributed by atoms with E-state index in [4.69, 9.17) is 30.5 Å². The monoisotopic (exact) mass is 485 g/mol. The molecule has 0 bridgehead atoms. The summed E-state index contributed by atoms with van der Waals surface area (Å²) >= 11 is 9.38. The molecule has 0 aromatic heterocycles. The van der Waals surface area contributed by atoms with Crippen molar-refractivity contribution in [1.29, 1.82) is 0 Å². The predicted octanol–water partition coefficient (Wildman–Crippen LogP) is 4.62. The standard InChI is InChI=1S/C20H21BrClNO6/c1-10-13(22)7-6-8-14(10)23-19(24)11(2)29-20(25)12-9-15(26-3)17(27-4)18(28-5)16(12)21/h6-9,11H,1-5H3,(H,23,24). The van der Waals surface area contributed by atoms with Crippen LogP contribution in [-0.4, -0.2) is 39.3 Å². The summed E-state index contributed by atoms with van der Waals surface area (Å²) < 4.78 is 21.5. The number of halogens is 2. The summed E-state index contributed by atoms with van der Waals surface area (Å²) in [7, 11) is 4.32. The van der Waals surface area contributed by atoms with Gasteiger partial charge >= 0.3 is 5.97 Å². The molecule has 0 saturated carbocycles. The number of carbonyl (C=O) groups is 2. The molecule has 2 aromatic rings. The van der Waals surface area contributed by atoms with Crippen molar-refractivity contribution in [2.75, 3.05) is 26.6 Å². The fourth-order valence-corrected chi connectivity index (χ4v) is 3.32. The van der Waals surface area contributed by atoms with E-state index in [1.165, 1.54) is 34.3 Å². The summed E-state index contributed by atoms with van der Waals surface area (Å²) in [5, 5.41) is 3.23. The molecule has 156 valence electrons. The minimum atomic E-state index is -1.06. The Bertz CT molecular complexity index is 934. The van der Waals surface area contributed by atoms with Crippen LogP contribution in [0.1, 0.15) is 22.8 Å². The number of carbonyl (C=O) groups excluding carboxylic acids is 2. The van der Waals surface area contributed by atoms with Crippen molar-refractivity contribution < 1.29 is 28.5 Å². The molecule has 0 aliphatic rings. The van der Waals surface area contributed by atoms with Crippen LogP contribution in [0.5, 0.6) is 17.2 Å². The summed E-state index contributed by atoms with van der Waals surface area (Å²) in [5.74, 6) is -0.355. The van der Waals surface area contributed by atoms with Crippen molar-refractivity contribution in [2.45, 2.75) is 20.0 Å². The van der Waals surface area contributed by atoms with Gasteiger partial charge in [-0.1, -0.05) is 17.7 Å². The first-order valence-corrected chi connectivity index (χ1v) is 9.67. The lowest BCUT2D eigenvalue weighted by atomic mass is 10.1. The van der Waals surface area contributed by atoms with E-state index in [1.54, 1.807) is 25.1 Å². The lowest BCUT2D eigenvalue weighted by molar-refractivity contribution is -0.123. The quantitative estimate of drug-likeness (QED) is 0.575. The fraction of sp³-hybridized carbons (Fsp3) is 0.300. The number of esters is 1. The van der Waals surface area contributed by atoms with Crippen LogP contribution < -0.4 is 19.5 Å². The van der Waals surface area contributed by atoms with Crippen molar-refractivity contribution in [3.63, 3.8) is 0 Å². The van der Waals surface area contributed by atoms with Gasteiger partial charge in [-0.2, -0.15) is 0 Å². The van der Waals surface area contributed by atoms with Gasteiger partial charge in [-0.05, 0) is 53.5 Å². The SMILES string of the molecule is COc1cc(C(=O)OC(C)C(=O)Nc2cccc(Cl)c2C)c(Br)c(OC)c1OC. The Morgan fingerprint density at radius 3 is 2.34 bits per heavy atom. The molecule has 2 rings (SSSR count). The van der Waals surface area contributed by atoms with Gasteiger partial charge in [-0.25, -0.2) is 4.79 Å². The number of benzene rings is 2. The van der Waals surface area contributed by atoms with Crippen LogP contribution in [0, 0.1) is 6.92 Å². The van der Waals surface area contributed by atoms with Gasteiger partial charge in [-0.3, -0.25) is 4.79 Å². The van der Waals surface area contributed by atoms with Gasteiger partial charge < -0.3 is 24.3 Å². The summed E-state index contributed by atoms with van der Waals surface area (Å²) in [6.07, 6.45) is -1.06. The maximum atomic E-state index is 12.7. The molecule has 0 saturated heterocycles. The Kier molecular flexibility index (Phi) is 7.75. The lowest BCUT2D eigenvalue weighted by Crippen LogP contribution is -2.30. The molecular formula is C20H21BrClNO6. The van der Waals surface area contributed by atoms with Gasteiger partial charge in [-0.15, -0.1) is 0 Å². The van der Waals surface area contributed by atoms with Gasteiger partial charge in [0, 0.05) is 10.7 Å². The molecule has 1 amide bonds. The molecule has 7 nitrogen and oxygen atoms in total. The highest BCUT2D eigenvalue weighted by molar-refractivity contribution is 9.10. The van der Waals surface area contributed by atoms with Crippen molar-refractivity contribution >= 4 is 45.1 Å². The minimum Gasteiger partial charge on any atom is -0.493 e. The number of hydrogen-bond acceptors (Lipinski definition) is 6. The van der Waals surface area contributed by atoms with E-state index in [1.807, 2.05) is 0 Å². The third-order valence-electron chi connectivity index (χ3n) is 4.17. The van der Waals surface area contributed by atoms with Crippen molar-refractivity contribution in [3.05, 3.63) is 44.9 Å². The summed E-state index contributed by atoms with van der Waals surface area (Å²) in [4.78, 5) is 25.1. The number of hydrogen-bond donors (Lipinski definition) is 1. The van der Waals surface area contributed by atoms with Crippen molar-refractivity contribution in [2.24, 2.45) is 0 Å². The normalized spacial score (nSPS) is 11.4. The van der Waals surface area contributed by atoms with Gasteiger partial charge in [0.25, 0.3) is 5.91 Å². The molecule has 0 fully saturated rings. The van der Waals surface area contributed by atoms with Gasteiger partial charge in [0.15, 0.2) is 17.6 Å². The van der Waals surface area contributed by atoms with Crippen LogP contribution in [-0.2, 0) is 9.53 Å². The molecule has 0 aliphatic carbocycles. The molecule has 2 aromatic carbocycles. The topological polar surface area (TPSA) is 83.1 Å². The van der Waals surface area contributed by atoms with E-state index in [0.29, 0.717) is 26.5 Å². The summed E-state index contributed by atoms with van der Waals surface area (Å²) in [6, 6.07) is 6.59. The maximum absolute atomic E-state index is 12.7. The highest BCUT2D eigenvalue weighted by Crippen LogP contribution is 2.45. The molecular weight excluding hydrogens is 466 g/mol. The van der Waals surface area contributed by atoms with E-state index in [9.17, 15) is 9.59 Å².